The molecule has 0 saturated heterocycles. The highest BCUT2D eigenvalue weighted by molar-refractivity contribution is 6.14. The summed E-state index contributed by atoms with van der Waals surface area (Å²) in [4.78, 5) is 49.8. The quantitative estimate of drug-likeness (QED) is 0.265. The van der Waals surface area contributed by atoms with Gasteiger partial charge in [0.2, 0.25) is 0 Å². The molecule has 0 aliphatic heterocycles. The van der Waals surface area contributed by atoms with Gasteiger partial charge in [-0.3, -0.25) is 9.59 Å². The number of methoxy groups -OCH3 is 2. The van der Waals surface area contributed by atoms with Crippen molar-refractivity contribution in [2.24, 2.45) is 0 Å². The normalized spacial score (nSPS) is 10.9. The number of carbonyl (C=O) groups excluding carboxylic acids is 2. The minimum atomic E-state index is -0.879. The van der Waals surface area contributed by atoms with E-state index >= 15 is 0 Å². The number of ketones is 2. The van der Waals surface area contributed by atoms with E-state index in [1.165, 1.54) is 38.5 Å². The van der Waals surface area contributed by atoms with Crippen LogP contribution in [0.4, 0.5) is 0 Å². The Kier molecular flexibility index (Phi) is 5.12. The van der Waals surface area contributed by atoms with Crippen molar-refractivity contribution in [1.29, 1.82) is 0 Å². The van der Waals surface area contributed by atoms with Crippen LogP contribution < -0.4 is 20.7 Å². The monoisotopic (exact) mass is 420 g/mol. The third-order valence-electron chi connectivity index (χ3n) is 4.81. The Morgan fingerprint density at radius 2 is 1.13 bits per heavy atom. The van der Waals surface area contributed by atoms with Gasteiger partial charge >= 0.3 is 11.3 Å². The molecule has 0 bridgehead atoms. The van der Waals surface area contributed by atoms with E-state index in [0.717, 1.165) is 0 Å². The lowest BCUT2D eigenvalue weighted by Crippen LogP contribution is -2.20. The van der Waals surface area contributed by atoms with Crippen molar-refractivity contribution >= 4 is 33.5 Å². The van der Waals surface area contributed by atoms with Gasteiger partial charge in [-0.15, -0.1) is 0 Å². The molecule has 0 fully saturated rings. The van der Waals surface area contributed by atoms with E-state index in [0.29, 0.717) is 22.3 Å². The maximum atomic E-state index is 12.6. The number of fused-ring (bicyclic) bond motifs is 2. The van der Waals surface area contributed by atoms with E-state index in [1.54, 1.807) is 24.3 Å². The standard InChI is InChI=1S/C23H16O8/c1-28-14-5-3-12-7-16(22(26)30-20(12)9-14)18(24)11-19(25)17-8-13-4-6-15(29-2)10-21(13)31-23(17)27/h3-10H,11H2,1-2H3. The van der Waals surface area contributed by atoms with Gasteiger partial charge in [-0.25, -0.2) is 9.59 Å². The van der Waals surface area contributed by atoms with Gasteiger partial charge in [0.25, 0.3) is 0 Å². The van der Waals surface area contributed by atoms with Gasteiger partial charge in [-0.2, -0.15) is 0 Å². The molecule has 8 nitrogen and oxygen atoms in total. The fourth-order valence-electron chi connectivity index (χ4n) is 3.16. The van der Waals surface area contributed by atoms with Crippen molar-refractivity contribution in [2.45, 2.75) is 6.42 Å². The van der Waals surface area contributed by atoms with E-state index < -0.39 is 29.2 Å². The Balaban J connectivity index is 1.65. The van der Waals surface area contributed by atoms with Crippen LogP contribution in [-0.4, -0.2) is 25.8 Å². The summed E-state index contributed by atoms with van der Waals surface area (Å²) >= 11 is 0. The third kappa shape index (κ3) is 3.83. The number of carbonyl (C=O) groups is 2. The van der Waals surface area contributed by atoms with E-state index in [4.69, 9.17) is 18.3 Å². The van der Waals surface area contributed by atoms with Crippen molar-refractivity contribution in [3.05, 3.63) is 80.5 Å². The first kappa shape index (κ1) is 20.1. The fraction of sp³-hybridized carbons (Fsp3) is 0.130. The lowest BCUT2D eigenvalue weighted by molar-refractivity contribution is 0.0890. The molecule has 0 aliphatic carbocycles. The molecule has 4 rings (SSSR count). The fourth-order valence-corrected chi connectivity index (χ4v) is 3.16. The molecular weight excluding hydrogens is 404 g/mol. The first-order valence-corrected chi connectivity index (χ1v) is 9.20. The number of ether oxygens (including phenoxy) is 2. The number of rotatable bonds is 6. The summed E-state index contributed by atoms with van der Waals surface area (Å²) in [7, 11) is 2.95. The molecule has 0 spiro atoms. The number of benzene rings is 2. The van der Waals surface area contributed by atoms with Crippen molar-refractivity contribution in [2.75, 3.05) is 14.2 Å². The summed E-state index contributed by atoms with van der Waals surface area (Å²) in [5.41, 5.74) is -1.81. The summed E-state index contributed by atoms with van der Waals surface area (Å²) in [5, 5.41) is 0.991. The van der Waals surface area contributed by atoms with Gasteiger partial charge < -0.3 is 18.3 Å². The maximum absolute atomic E-state index is 12.6. The molecule has 0 atom stereocenters. The summed E-state index contributed by atoms with van der Waals surface area (Å²) in [6.07, 6.45) is -0.682. The zero-order chi connectivity index (χ0) is 22.1. The van der Waals surface area contributed by atoms with E-state index in [-0.39, 0.29) is 22.3 Å². The van der Waals surface area contributed by atoms with Crippen LogP contribution in [0.25, 0.3) is 21.9 Å². The van der Waals surface area contributed by atoms with Crippen LogP contribution in [0.1, 0.15) is 27.1 Å². The minimum absolute atomic E-state index is 0.248. The highest BCUT2D eigenvalue weighted by Crippen LogP contribution is 2.22. The van der Waals surface area contributed by atoms with E-state index in [1.807, 2.05) is 0 Å². The number of hydrogen-bond donors (Lipinski definition) is 0. The van der Waals surface area contributed by atoms with Gasteiger partial charge in [-0.1, -0.05) is 0 Å². The zero-order valence-corrected chi connectivity index (χ0v) is 16.6. The van der Waals surface area contributed by atoms with Crippen molar-refractivity contribution in [3.8, 4) is 11.5 Å². The van der Waals surface area contributed by atoms with Gasteiger partial charge in [0.05, 0.1) is 20.6 Å². The van der Waals surface area contributed by atoms with Crippen LogP contribution in [0.5, 0.6) is 11.5 Å². The second-order valence-electron chi connectivity index (χ2n) is 6.73. The molecule has 2 heterocycles. The SMILES string of the molecule is COc1ccc2cc(C(=O)CC(=O)c3cc4ccc(OC)cc4oc3=O)c(=O)oc2c1. The van der Waals surface area contributed by atoms with Crippen molar-refractivity contribution < 1.29 is 27.9 Å². The number of hydrogen-bond acceptors (Lipinski definition) is 8. The van der Waals surface area contributed by atoms with E-state index in [9.17, 15) is 19.2 Å². The molecular formula is C23H16O8. The Morgan fingerprint density at radius 1 is 0.710 bits per heavy atom. The predicted molar refractivity (Wildman–Crippen MR) is 111 cm³/mol. The zero-order valence-electron chi connectivity index (χ0n) is 16.6. The minimum Gasteiger partial charge on any atom is -0.497 e. The molecule has 2 aromatic heterocycles. The first-order valence-electron chi connectivity index (χ1n) is 9.20. The molecule has 0 radical (unpaired) electrons. The van der Waals surface area contributed by atoms with E-state index in [2.05, 4.69) is 0 Å². The Hall–Kier alpha value is -4.20. The summed E-state index contributed by atoms with van der Waals surface area (Å²) in [6.45, 7) is 0. The van der Waals surface area contributed by atoms with Crippen molar-refractivity contribution in [3.63, 3.8) is 0 Å². The maximum Gasteiger partial charge on any atom is 0.347 e. The largest absolute Gasteiger partial charge is 0.497 e. The molecule has 4 aromatic rings. The molecule has 31 heavy (non-hydrogen) atoms. The van der Waals surface area contributed by atoms with Crippen LogP contribution in [0.3, 0.4) is 0 Å². The van der Waals surface area contributed by atoms with Crippen molar-refractivity contribution in [1.82, 2.24) is 0 Å². The Labute approximate surface area is 174 Å². The molecule has 0 N–H and O–H groups in total. The average molecular weight is 420 g/mol. The average Bonchev–Trinajstić information content (AvgIpc) is 2.77. The highest BCUT2D eigenvalue weighted by Gasteiger charge is 2.21. The van der Waals surface area contributed by atoms with Crippen LogP contribution >= 0.6 is 0 Å². The summed E-state index contributed by atoms with van der Waals surface area (Å²) in [5.74, 6) is -0.535. The number of Topliss-reactive ketones (excluding diaryl/α,β-unsaturated/α-hetero) is 2. The molecule has 0 unspecified atom stereocenters. The van der Waals surface area contributed by atoms with Gasteiger partial charge in [0.1, 0.15) is 33.8 Å². The van der Waals surface area contributed by atoms with Crippen LogP contribution in [0.15, 0.2) is 67.0 Å². The van der Waals surface area contributed by atoms with Gasteiger partial charge in [0, 0.05) is 22.9 Å². The van der Waals surface area contributed by atoms with Crippen LogP contribution in [0, 0.1) is 0 Å². The molecule has 0 aliphatic rings. The molecule has 156 valence electrons. The second-order valence-corrected chi connectivity index (χ2v) is 6.73. The summed E-state index contributed by atoms with van der Waals surface area (Å²) < 4.78 is 20.5. The topological polar surface area (TPSA) is 113 Å². The molecule has 8 heteroatoms. The smallest absolute Gasteiger partial charge is 0.347 e. The summed E-state index contributed by atoms with van der Waals surface area (Å²) in [6, 6.07) is 12.3. The molecule has 2 aromatic carbocycles. The Morgan fingerprint density at radius 3 is 1.52 bits per heavy atom. The van der Waals surface area contributed by atoms with Gasteiger partial charge in [-0.05, 0) is 36.4 Å². The Bertz CT molecular complexity index is 1350. The molecule has 0 amide bonds. The first-order chi connectivity index (χ1) is 14.9. The third-order valence-corrected chi connectivity index (χ3v) is 4.81. The highest BCUT2D eigenvalue weighted by atomic mass is 16.5. The molecule has 0 saturated carbocycles. The second kappa shape index (κ2) is 7.91. The lowest BCUT2D eigenvalue weighted by Gasteiger charge is -2.05. The van der Waals surface area contributed by atoms with Gasteiger partial charge in [0.15, 0.2) is 11.6 Å². The predicted octanol–water partition coefficient (Wildman–Crippen LogP) is 3.37. The van der Waals surface area contributed by atoms with Crippen LogP contribution in [0.2, 0.25) is 0 Å². The lowest BCUT2D eigenvalue weighted by atomic mass is 10.0. The van der Waals surface area contributed by atoms with Crippen LogP contribution in [-0.2, 0) is 0 Å².